The number of amides is 3. The summed E-state index contributed by atoms with van der Waals surface area (Å²) in [4.78, 5) is 54.1. The number of rotatable bonds is 10. The van der Waals surface area contributed by atoms with Gasteiger partial charge in [0.15, 0.2) is 0 Å². The number of hydrogen-bond acceptors (Lipinski definition) is 6. The Hall–Kier alpha value is -3.88. The lowest BCUT2D eigenvalue weighted by molar-refractivity contribution is -0.153. The molecule has 0 bridgehead atoms. The molecule has 9 heteroatoms. The van der Waals surface area contributed by atoms with Crippen molar-refractivity contribution < 1.29 is 28.7 Å². The number of nitrogens with one attached hydrogen (secondary N) is 2. The first kappa shape index (κ1) is 29.7. The minimum Gasteiger partial charge on any atom is -0.464 e. The van der Waals surface area contributed by atoms with Gasteiger partial charge in [-0.25, -0.2) is 9.59 Å². The Morgan fingerprint density at radius 1 is 0.897 bits per heavy atom. The second-order valence-electron chi connectivity index (χ2n) is 10.6. The third-order valence-electron chi connectivity index (χ3n) is 6.28. The van der Waals surface area contributed by atoms with E-state index >= 15 is 0 Å². The summed E-state index contributed by atoms with van der Waals surface area (Å²) in [6.07, 6.45) is 0.868. The third kappa shape index (κ3) is 9.12. The normalized spacial score (nSPS) is 16.6. The van der Waals surface area contributed by atoms with E-state index in [0.29, 0.717) is 19.4 Å². The van der Waals surface area contributed by atoms with Crippen molar-refractivity contribution in [2.75, 3.05) is 13.2 Å². The molecule has 39 heavy (non-hydrogen) atoms. The van der Waals surface area contributed by atoms with Crippen molar-refractivity contribution in [1.82, 2.24) is 15.5 Å². The molecular weight excluding hydrogens is 498 g/mol. The van der Waals surface area contributed by atoms with Crippen LogP contribution in [-0.2, 0) is 36.7 Å². The van der Waals surface area contributed by atoms with E-state index in [0.717, 1.165) is 11.1 Å². The molecule has 0 radical (unpaired) electrons. The Labute approximate surface area is 230 Å². The van der Waals surface area contributed by atoms with Gasteiger partial charge in [-0.15, -0.1) is 0 Å². The van der Waals surface area contributed by atoms with Crippen molar-refractivity contribution in [2.24, 2.45) is 0 Å². The van der Waals surface area contributed by atoms with Gasteiger partial charge in [0.05, 0.1) is 6.61 Å². The lowest BCUT2D eigenvalue weighted by Crippen LogP contribution is -2.57. The van der Waals surface area contributed by atoms with E-state index in [4.69, 9.17) is 9.47 Å². The van der Waals surface area contributed by atoms with Crippen LogP contribution >= 0.6 is 0 Å². The topological polar surface area (TPSA) is 114 Å². The van der Waals surface area contributed by atoms with Gasteiger partial charge in [0.2, 0.25) is 11.8 Å². The number of nitrogens with zero attached hydrogens (tertiary/aromatic N) is 1. The number of carbonyl (C=O) groups excluding carboxylic acids is 4. The Kier molecular flexibility index (Phi) is 10.5. The molecule has 9 nitrogen and oxygen atoms in total. The first-order valence-electron chi connectivity index (χ1n) is 13.4. The monoisotopic (exact) mass is 537 g/mol. The highest BCUT2D eigenvalue weighted by Gasteiger charge is 2.39. The molecule has 0 spiro atoms. The molecule has 2 aromatic rings. The molecule has 0 unspecified atom stereocenters. The van der Waals surface area contributed by atoms with Crippen LogP contribution in [0.3, 0.4) is 0 Å². The van der Waals surface area contributed by atoms with E-state index in [1.165, 1.54) is 4.90 Å². The van der Waals surface area contributed by atoms with Crippen molar-refractivity contribution >= 4 is 23.9 Å². The average Bonchev–Trinajstić information content (AvgIpc) is 3.38. The first-order chi connectivity index (χ1) is 18.6. The van der Waals surface area contributed by atoms with Crippen LogP contribution in [0.2, 0.25) is 0 Å². The number of benzene rings is 2. The maximum absolute atomic E-state index is 13.8. The number of esters is 1. The molecule has 1 aliphatic heterocycles. The summed E-state index contributed by atoms with van der Waals surface area (Å²) in [5.74, 6) is -1.33. The first-order valence-corrected chi connectivity index (χ1v) is 13.4. The van der Waals surface area contributed by atoms with E-state index in [1.807, 2.05) is 60.7 Å². The predicted octanol–water partition coefficient (Wildman–Crippen LogP) is 3.40. The minimum atomic E-state index is -0.993. The fourth-order valence-electron chi connectivity index (χ4n) is 4.55. The molecule has 1 fully saturated rings. The molecule has 0 aliphatic carbocycles. The molecule has 2 aromatic carbocycles. The standard InChI is InChI=1S/C30H39N3O6/c1-5-38-28(36)25-17-12-18-33(25)27(35)24(20-22-15-10-7-11-16-22)31-26(34)23(19-21-13-8-6-9-14-21)32-29(37)39-30(2,3)4/h6-11,13-16,23-25H,5,12,17-20H2,1-4H3,(H,31,34)(H,32,37)/t23-,24-,25-/m1/s1. The van der Waals surface area contributed by atoms with Crippen LogP contribution in [0.4, 0.5) is 4.79 Å². The Bertz CT molecular complexity index is 1120. The average molecular weight is 538 g/mol. The molecule has 0 aromatic heterocycles. The maximum atomic E-state index is 13.8. The van der Waals surface area contributed by atoms with E-state index < -0.39 is 41.7 Å². The van der Waals surface area contributed by atoms with Crippen LogP contribution in [-0.4, -0.2) is 65.7 Å². The number of alkyl carbamates (subject to hydrolysis) is 1. The highest BCUT2D eigenvalue weighted by atomic mass is 16.6. The van der Waals surface area contributed by atoms with Crippen LogP contribution in [0.25, 0.3) is 0 Å². The van der Waals surface area contributed by atoms with E-state index in [9.17, 15) is 19.2 Å². The second-order valence-corrected chi connectivity index (χ2v) is 10.6. The molecule has 3 atom stereocenters. The third-order valence-corrected chi connectivity index (χ3v) is 6.28. The quantitative estimate of drug-likeness (QED) is 0.449. The van der Waals surface area contributed by atoms with Gasteiger partial charge in [-0.3, -0.25) is 9.59 Å². The van der Waals surface area contributed by atoms with Gasteiger partial charge < -0.3 is 25.0 Å². The molecule has 210 valence electrons. The highest BCUT2D eigenvalue weighted by molar-refractivity contribution is 5.93. The highest BCUT2D eigenvalue weighted by Crippen LogP contribution is 2.21. The summed E-state index contributed by atoms with van der Waals surface area (Å²) in [5, 5.41) is 5.54. The lowest BCUT2D eigenvalue weighted by atomic mass is 10.0. The smallest absolute Gasteiger partial charge is 0.408 e. The largest absolute Gasteiger partial charge is 0.464 e. The molecule has 2 N–H and O–H groups in total. The van der Waals surface area contributed by atoms with E-state index in [-0.39, 0.29) is 25.4 Å². The Balaban J connectivity index is 1.85. The fourth-order valence-corrected chi connectivity index (χ4v) is 4.55. The van der Waals surface area contributed by atoms with Gasteiger partial charge >= 0.3 is 12.1 Å². The van der Waals surface area contributed by atoms with Crippen LogP contribution in [0.5, 0.6) is 0 Å². The van der Waals surface area contributed by atoms with Crippen LogP contribution in [0.1, 0.15) is 51.7 Å². The molecule has 0 saturated carbocycles. The zero-order chi connectivity index (χ0) is 28.4. The maximum Gasteiger partial charge on any atom is 0.408 e. The van der Waals surface area contributed by atoms with Crippen LogP contribution in [0, 0.1) is 0 Å². The van der Waals surface area contributed by atoms with Gasteiger partial charge in [-0.1, -0.05) is 60.7 Å². The SMILES string of the molecule is CCOC(=O)[C@H]1CCCN1C(=O)[C@@H](Cc1ccccc1)NC(=O)[C@@H](Cc1ccccc1)NC(=O)OC(C)(C)C. The number of ether oxygens (including phenoxy) is 2. The summed E-state index contributed by atoms with van der Waals surface area (Å²) in [5.41, 5.74) is 0.936. The van der Waals surface area contributed by atoms with Crippen molar-refractivity contribution in [3.63, 3.8) is 0 Å². The fraction of sp³-hybridized carbons (Fsp3) is 0.467. The molecular formula is C30H39N3O6. The zero-order valence-electron chi connectivity index (χ0n) is 23.1. The van der Waals surface area contributed by atoms with Gasteiger partial charge in [-0.05, 0) is 51.7 Å². The summed E-state index contributed by atoms with van der Waals surface area (Å²) in [6, 6.07) is 16.0. The van der Waals surface area contributed by atoms with Gasteiger partial charge in [-0.2, -0.15) is 0 Å². The predicted molar refractivity (Wildman–Crippen MR) is 147 cm³/mol. The van der Waals surface area contributed by atoms with Gasteiger partial charge in [0.25, 0.3) is 0 Å². The number of carbonyl (C=O) groups is 4. The van der Waals surface area contributed by atoms with E-state index in [2.05, 4.69) is 10.6 Å². The summed E-state index contributed by atoms with van der Waals surface area (Å²) in [7, 11) is 0. The Morgan fingerprint density at radius 2 is 1.46 bits per heavy atom. The second kappa shape index (κ2) is 13.8. The van der Waals surface area contributed by atoms with Crippen molar-refractivity contribution in [3.8, 4) is 0 Å². The zero-order valence-corrected chi connectivity index (χ0v) is 23.1. The number of likely N-dealkylation sites (tertiary alicyclic amines) is 1. The number of hydrogen-bond donors (Lipinski definition) is 2. The summed E-state index contributed by atoms with van der Waals surface area (Å²) in [6.45, 7) is 7.56. The molecule has 1 saturated heterocycles. The Morgan fingerprint density at radius 3 is 2.00 bits per heavy atom. The molecule has 3 amide bonds. The summed E-state index contributed by atoms with van der Waals surface area (Å²) >= 11 is 0. The van der Waals surface area contributed by atoms with Gasteiger partial charge in [0.1, 0.15) is 23.7 Å². The molecule has 3 rings (SSSR count). The minimum absolute atomic E-state index is 0.202. The van der Waals surface area contributed by atoms with Crippen molar-refractivity contribution in [1.29, 1.82) is 0 Å². The van der Waals surface area contributed by atoms with E-state index in [1.54, 1.807) is 27.7 Å². The van der Waals surface area contributed by atoms with Crippen LogP contribution in [0.15, 0.2) is 60.7 Å². The van der Waals surface area contributed by atoms with Gasteiger partial charge in [0, 0.05) is 19.4 Å². The summed E-state index contributed by atoms with van der Waals surface area (Å²) < 4.78 is 10.6. The van der Waals surface area contributed by atoms with Crippen molar-refractivity contribution in [2.45, 2.75) is 77.1 Å². The molecule has 1 aliphatic rings. The van der Waals surface area contributed by atoms with Crippen molar-refractivity contribution in [3.05, 3.63) is 71.8 Å². The molecule has 1 heterocycles. The lowest BCUT2D eigenvalue weighted by Gasteiger charge is -2.30. The van der Waals surface area contributed by atoms with Crippen LogP contribution < -0.4 is 10.6 Å².